The molecule has 1 aliphatic rings. The largest absolute Gasteiger partial charge is 0.467 e. The molecule has 0 spiro atoms. The number of amides is 1. The van der Waals surface area contributed by atoms with Gasteiger partial charge in [-0.3, -0.25) is 4.79 Å². The quantitative estimate of drug-likeness (QED) is 0.842. The zero-order valence-corrected chi connectivity index (χ0v) is 13.6. The van der Waals surface area contributed by atoms with Crippen LogP contribution in [0.15, 0.2) is 16.7 Å². The van der Waals surface area contributed by atoms with Gasteiger partial charge in [-0.25, -0.2) is 0 Å². The SMILES string of the molecule is CCCCC1CCC(NC(=O)c2coc(CN)c2)CC1.Cl. The maximum atomic E-state index is 12.1. The van der Waals surface area contributed by atoms with Gasteiger partial charge in [0.05, 0.1) is 12.1 Å². The molecular formula is C16H27ClN2O2. The van der Waals surface area contributed by atoms with Crippen LogP contribution in [0.2, 0.25) is 0 Å². The van der Waals surface area contributed by atoms with E-state index in [1.807, 2.05) is 0 Å². The van der Waals surface area contributed by atoms with Crippen molar-refractivity contribution in [3.05, 3.63) is 23.7 Å². The highest BCUT2D eigenvalue weighted by molar-refractivity contribution is 5.94. The van der Waals surface area contributed by atoms with Crippen molar-refractivity contribution in [3.63, 3.8) is 0 Å². The maximum Gasteiger partial charge on any atom is 0.254 e. The van der Waals surface area contributed by atoms with E-state index < -0.39 is 0 Å². The average Bonchev–Trinajstić information content (AvgIpc) is 2.95. The zero-order valence-electron chi connectivity index (χ0n) is 12.8. The number of unbranched alkanes of at least 4 members (excludes halogenated alkanes) is 1. The third-order valence-corrected chi connectivity index (χ3v) is 4.27. The summed E-state index contributed by atoms with van der Waals surface area (Å²) >= 11 is 0. The van der Waals surface area contributed by atoms with Crippen LogP contribution in [-0.2, 0) is 6.54 Å². The fraction of sp³-hybridized carbons (Fsp3) is 0.688. The van der Waals surface area contributed by atoms with Gasteiger partial charge in [0.25, 0.3) is 5.91 Å². The Morgan fingerprint density at radius 3 is 2.67 bits per heavy atom. The van der Waals surface area contributed by atoms with Gasteiger partial charge in [-0.05, 0) is 37.7 Å². The average molecular weight is 315 g/mol. The van der Waals surface area contributed by atoms with Crippen molar-refractivity contribution in [3.8, 4) is 0 Å². The first-order chi connectivity index (χ1) is 9.72. The summed E-state index contributed by atoms with van der Waals surface area (Å²) in [5, 5.41) is 3.11. The summed E-state index contributed by atoms with van der Waals surface area (Å²) in [6, 6.07) is 2.04. The van der Waals surface area contributed by atoms with Gasteiger partial charge < -0.3 is 15.5 Å². The van der Waals surface area contributed by atoms with Crippen molar-refractivity contribution >= 4 is 18.3 Å². The molecule has 3 N–H and O–H groups in total. The van der Waals surface area contributed by atoms with Crippen LogP contribution in [0.1, 0.15) is 68.0 Å². The smallest absolute Gasteiger partial charge is 0.254 e. The number of carbonyl (C=O) groups is 1. The molecule has 1 saturated carbocycles. The third kappa shape index (κ3) is 5.36. The third-order valence-electron chi connectivity index (χ3n) is 4.27. The number of nitrogens with one attached hydrogen (secondary N) is 1. The standard InChI is InChI=1S/C16H26N2O2.ClH/c1-2-3-4-12-5-7-14(8-6-12)18-16(19)13-9-15(10-17)20-11-13;/h9,11-12,14H,2-8,10,17H2,1H3,(H,18,19);1H. The van der Waals surface area contributed by atoms with Gasteiger partial charge in [0.15, 0.2) is 0 Å². The van der Waals surface area contributed by atoms with E-state index in [1.165, 1.54) is 38.4 Å². The lowest BCUT2D eigenvalue weighted by molar-refractivity contribution is 0.0920. The summed E-state index contributed by atoms with van der Waals surface area (Å²) < 4.78 is 5.20. The summed E-state index contributed by atoms with van der Waals surface area (Å²) in [4.78, 5) is 12.1. The van der Waals surface area contributed by atoms with Crippen LogP contribution in [-0.4, -0.2) is 11.9 Å². The summed E-state index contributed by atoms with van der Waals surface area (Å²) in [6.07, 6.45) is 10.1. The number of nitrogens with two attached hydrogens (primary N) is 1. The fourth-order valence-corrected chi connectivity index (χ4v) is 2.96. The van der Waals surface area contributed by atoms with Gasteiger partial charge in [0.1, 0.15) is 12.0 Å². The molecule has 2 rings (SSSR count). The van der Waals surface area contributed by atoms with Gasteiger partial charge in [-0.2, -0.15) is 0 Å². The van der Waals surface area contributed by atoms with E-state index in [2.05, 4.69) is 12.2 Å². The Kier molecular flexibility index (Phi) is 7.83. The molecule has 4 nitrogen and oxygen atoms in total. The minimum Gasteiger partial charge on any atom is -0.467 e. The Hall–Kier alpha value is -1.00. The zero-order chi connectivity index (χ0) is 14.4. The first kappa shape index (κ1) is 18.1. The topological polar surface area (TPSA) is 68.3 Å². The Morgan fingerprint density at radius 1 is 1.38 bits per heavy atom. The number of hydrogen-bond acceptors (Lipinski definition) is 3. The highest BCUT2D eigenvalue weighted by Gasteiger charge is 2.22. The molecule has 1 fully saturated rings. The second kappa shape index (κ2) is 9.11. The van der Waals surface area contributed by atoms with Crippen molar-refractivity contribution in [2.75, 3.05) is 0 Å². The monoisotopic (exact) mass is 314 g/mol. The molecule has 1 aromatic rings. The molecule has 5 heteroatoms. The van der Waals surface area contributed by atoms with Crippen LogP contribution in [0, 0.1) is 5.92 Å². The number of hydrogen-bond donors (Lipinski definition) is 2. The second-order valence-electron chi connectivity index (χ2n) is 5.84. The lowest BCUT2D eigenvalue weighted by Crippen LogP contribution is -2.37. The number of rotatable bonds is 6. The Labute approximate surface area is 133 Å². The minimum absolute atomic E-state index is 0. The highest BCUT2D eigenvalue weighted by Crippen LogP contribution is 2.28. The Bertz CT molecular complexity index is 426. The van der Waals surface area contributed by atoms with Crippen LogP contribution in [0.25, 0.3) is 0 Å². The lowest BCUT2D eigenvalue weighted by Gasteiger charge is -2.29. The van der Waals surface area contributed by atoms with E-state index in [-0.39, 0.29) is 18.3 Å². The molecular weight excluding hydrogens is 288 g/mol. The van der Waals surface area contributed by atoms with E-state index >= 15 is 0 Å². The predicted molar refractivity (Wildman–Crippen MR) is 86.6 cm³/mol. The Morgan fingerprint density at radius 2 is 2.10 bits per heavy atom. The van der Waals surface area contributed by atoms with Gasteiger partial charge in [0.2, 0.25) is 0 Å². The first-order valence-corrected chi connectivity index (χ1v) is 7.81. The molecule has 0 atom stereocenters. The van der Waals surface area contributed by atoms with Crippen molar-refractivity contribution < 1.29 is 9.21 Å². The number of furan rings is 1. The molecule has 0 saturated heterocycles. The van der Waals surface area contributed by atoms with E-state index in [4.69, 9.17) is 10.2 Å². The van der Waals surface area contributed by atoms with Crippen LogP contribution >= 0.6 is 12.4 Å². The number of carbonyl (C=O) groups excluding carboxylic acids is 1. The highest BCUT2D eigenvalue weighted by atomic mass is 35.5. The van der Waals surface area contributed by atoms with E-state index in [1.54, 1.807) is 6.07 Å². The van der Waals surface area contributed by atoms with E-state index in [9.17, 15) is 4.79 Å². The van der Waals surface area contributed by atoms with Gasteiger partial charge in [-0.15, -0.1) is 12.4 Å². The van der Waals surface area contributed by atoms with E-state index in [0.29, 0.717) is 23.9 Å². The summed E-state index contributed by atoms with van der Waals surface area (Å²) in [5.74, 6) is 1.48. The van der Waals surface area contributed by atoms with Crippen molar-refractivity contribution in [2.24, 2.45) is 11.7 Å². The maximum absolute atomic E-state index is 12.1. The van der Waals surface area contributed by atoms with Crippen LogP contribution < -0.4 is 11.1 Å². The summed E-state index contributed by atoms with van der Waals surface area (Å²) in [6.45, 7) is 2.57. The minimum atomic E-state index is -0.0366. The van der Waals surface area contributed by atoms with Crippen molar-refractivity contribution in [2.45, 2.75) is 64.5 Å². The normalized spacial score (nSPS) is 21.6. The lowest BCUT2D eigenvalue weighted by atomic mass is 9.83. The molecule has 0 bridgehead atoms. The Balaban J connectivity index is 0.00000220. The van der Waals surface area contributed by atoms with Crippen LogP contribution in [0.3, 0.4) is 0 Å². The van der Waals surface area contributed by atoms with Crippen molar-refractivity contribution in [1.29, 1.82) is 0 Å². The van der Waals surface area contributed by atoms with Gasteiger partial charge in [-0.1, -0.05) is 26.2 Å². The van der Waals surface area contributed by atoms with Gasteiger partial charge >= 0.3 is 0 Å². The molecule has 1 aromatic heterocycles. The van der Waals surface area contributed by atoms with E-state index in [0.717, 1.165) is 18.8 Å². The molecule has 1 amide bonds. The molecule has 120 valence electrons. The second-order valence-corrected chi connectivity index (χ2v) is 5.84. The summed E-state index contributed by atoms with van der Waals surface area (Å²) in [7, 11) is 0. The van der Waals surface area contributed by atoms with Crippen LogP contribution in [0.4, 0.5) is 0 Å². The van der Waals surface area contributed by atoms with Crippen molar-refractivity contribution in [1.82, 2.24) is 5.32 Å². The number of halogens is 1. The molecule has 1 heterocycles. The van der Waals surface area contributed by atoms with Gasteiger partial charge in [0, 0.05) is 6.04 Å². The molecule has 21 heavy (non-hydrogen) atoms. The fourth-order valence-electron chi connectivity index (χ4n) is 2.96. The first-order valence-electron chi connectivity index (χ1n) is 7.81. The van der Waals surface area contributed by atoms with Crippen LogP contribution in [0.5, 0.6) is 0 Å². The molecule has 0 radical (unpaired) electrons. The molecule has 1 aliphatic carbocycles. The summed E-state index contributed by atoms with van der Waals surface area (Å²) in [5.41, 5.74) is 6.06. The molecule has 0 unspecified atom stereocenters. The molecule has 0 aliphatic heterocycles. The predicted octanol–water partition coefficient (Wildman–Crippen LogP) is 3.64. The molecule has 0 aromatic carbocycles.